The highest BCUT2D eigenvalue weighted by Gasteiger charge is 2.36. The number of fused-ring (bicyclic) bond motifs is 1. The van der Waals surface area contributed by atoms with Crippen LogP contribution in [0.25, 0.3) is 10.8 Å². The van der Waals surface area contributed by atoms with Crippen molar-refractivity contribution in [3.8, 4) is 17.2 Å². The molecule has 3 aromatic rings. The zero-order chi connectivity index (χ0) is 23.3. The van der Waals surface area contributed by atoms with Gasteiger partial charge in [-0.1, -0.05) is 49.4 Å². The summed E-state index contributed by atoms with van der Waals surface area (Å²) >= 11 is 0. The van der Waals surface area contributed by atoms with E-state index < -0.39 is 11.5 Å². The van der Waals surface area contributed by atoms with Crippen molar-refractivity contribution in [2.45, 2.75) is 18.9 Å². The van der Waals surface area contributed by atoms with Gasteiger partial charge in [0.1, 0.15) is 6.61 Å². The lowest BCUT2D eigenvalue weighted by Crippen LogP contribution is -2.45. The van der Waals surface area contributed by atoms with Crippen LogP contribution in [0.2, 0.25) is 0 Å². The van der Waals surface area contributed by atoms with Crippen LogP contribution in [0, 0.1) is 0 Å². The largest absolute Gasteiger partial charge is 0.493 e. The molecule has 6 heteroatoms. The molecular weight excluding hydrogens is 406 g/mol. The third-order valence-electron chi connectivity index (χ3n) is 6.07. The summed E-state index contributed by atoms with van der Waals surface area (Å²) in [4.78, 5) is 15.2. The van der Waals surface area contributed by atoms with Gasteiger partial charge < -0.3 is 18.9 Å². The van der Waals surface area contributed by atoms with Gasteiger partial charge in [-0.25, -0.2) is 4.79 Å². The Morgan fingerprint density at radius 2 is 1.53 bits per heavy atom. The van der Waals surface area contributed by atoms with E-state index in [0.29, 0.717) is 22.8 Å². The molecular formula is C26H31NO5. The van der Waals surface area contributed by atoms with Crippen LogP contribution >= 0.6 is 0 Å². The molecule has 32 heavy (non-hydrogen) atoms. The van der Waals surface area contributed by atoms with Crippen molar-refractivity contribution >= 4 is 16.7 Å². The number of esters is 1. The number of methoxy groups -OCH3 is 3. The Kier molecular flexibility index (Phi) is 7.26. The van der Waals surface area contributed by atoms with Gasteiger partial charge in [-0.2, -0.15) is 0 Å². The quantitative estimate of drug-likeness (QED) is 0.444. The standard InChI is InChI=1S/C26H31NO5/c1-7-26(27(2)3,21-14-10-12-18-11-8-9-13-20(18)21)17-32-25(28)19-15-22(29-4)24(31-6)23(16-19)30-5/h8-16H,7,17H2,1-6H3. The molecule has 0 aliphatic heterocycles. The van der Waals surface area contributed by atoms with E-state index in [1.807, 2.05) is 32.3 Å². The van der Waals surface area contributed by atoms with E-state index in [9.17, 15) is 4.79 Å². The molecule has 0 fully saturated rings. The highest BCUT2D eigenvalue weighted by Crippen LogP contribution is 2.39. The first-order chi connectivity index (χ1) is 15.4. The number of carbonyl (C=O) groups is 1. The average Bonchev–Trinajstić information content (AvgIpc) is 2.83. The van der Waals surface area contributed by atoms with Crippen molar-refractivity contribution in [3.63, 3.8) is 0 Å². The number of nitrogens with zero attached hydrogens (tertiary/aromatic N) is 1. The Morgan fingerprint density at radius 3 is 2.09 bits per heavy atom. The normalized spacial score (nSPS) is 13.0. The molecule has 0 N–H and O–H groups in total. The van der Waals surface area contributed by atoms with E-state index in [4.69, 9.17) is 18.9 Å². The molecule has 3 rings (SSSR count). The van der Waals surface area contributed by atoms with Crippen LogP contribution in [-0.4, -0.2) is 52.9 Å². The number of rotatable bonds is 9. The summed E-state index contributed by atoms with van der Waals surface area (Å²) in [5.41, 5.74) is 0.971. The van der Waals surface area contributed by atoms with Crippen LogP contribution in [0.5, 0.6) is 17.2 Å². The first-order valence-corrected chi connectivity index (χ1v) is 10.5. The zero-order valence-corrected chi connectivity index (χ0v) is 19.6. The summed E-state index contributed by atoms with van der Waals surface area (Å²) in [6, 6.07) is 17.7. The number of hydrogen-bond acceptors (Lipinski definition) is 6. The molecule has 0 aliphatic rings. The smallest absolute Gasteiger partial charge is 0.338 e. The van der Waals surface area contributed by atoms with Crippen molar-refractivity contribution in [2.75, 3.05) is 42.0 Å². The molecule has 0 saturated carbocycles. The van der Waals surface area contributed by atoms with E-state index in [2.05, 4.69) is 36.1 Å². The molecule has 170 valence electrons. The molecule has 0 amide bonds. The minimum Gasteiger partial charge on any atom is -0.493 e. The number of hydrogen-bond donors (Lipinski definition) is 0. The van der Waals surface area contributed by atoms with Crippen LogP contribution in [0.4, 0.5) is 0 Å². The highest BCUT2D eigenvalue weighted by atomic mass is 16.5. The van der Waals surface area contributed by atoms with Crippen LogP contribution in [0.15, 0.2) is 54.6 Å². The maximum absolute atomic E-state index is 13.1. The lowest BCUT2D eigenvalue weighted by atomic mass is 9.83. The Hall–Kier alpha value is -3.25. The van der Waals surface area contributed by atoms with Crippen molar-refractivity contribution < 1.29 is 23.7 Å². The van der Waals surface area contributed by atoms with Gasteiger partial charge in [0.05, 0.1) is 32.4 Å². The first kappa shape index (κ1) is 23.4. The van der Waals surface area contributed by atoms with Gasteiger partial charge in [-0.3, -0.25) is 4.90 Å². The van der Waals surface area contributed by atoms with Gasteiger partial charge in [-0.05, 0) is 49.0 Å². The molecule has 0 spiro atoms. The second-order valence-corrected chi connectivity index (χ2v) is 7.80. The van der Waals surface area contributed by atoms with Crippen molar-refractivity contribution in [2.24, 2.45) is 0 Å². The predicted molar refractivity (Wildman–Crippen MR) is 126 cm³/mol. The third kappa shape index (κ3) is 4.23. The summed E-state index contributed by atoms with van der Waals surface area (Å²) in [6.45, 7) is 2.30. The molecule has 0 aromatic heterocycles. The lowest BCUT2D eigenvalue weighted by Gasteiger charge is -2.40. The fourth-order valence-corrected chi connectivity index (χ4v) is 4.15. The molecule has 1 atom stereocenters. The van der Waals surface area contributed by atoms with E-state index in [0.717, 1.165) is 22.8 Å². The molecule has 1 unspecified atom stereocenters. The van der Waals surface area contributed by atoms with Crippen molar-refractivity contribution in [1.29, 1.82) is 0 Å². The van der Waals surface area contributed by atoms with Gasteiger partial charge in [-0.15, -0.1) is 0 Å². The molecule has 0 saturated heterocycles. The summed E-state index contributed by atoms with van der Waals surface area (Å²) in [6.07, 6.45) is 0.760. The predicted octanol–water partition coefficient (Wildman–Crippen LogP) is 4.89. The summed E-state index contributed by atoms with van der Waals surface area (Å²) in [5, 5.41) is 2.30. The number of carbonyl (C=O) groups excluding carboxylic acids is 1. The zero-order valence-electron chi connectivity index (χ0n) is 19.6. The van der Waals surface area contributed by atoms with Gasteiger partial charge in [0.2, 0.25) is 5.75 Å². The van der Waals surface area contributed by atoms with Crippen LogP contribution in [-0.2, 0) is 10.3 Å². The Labute approximate surface area is 189 Å². The molecule has 0 aliphatic carbocycles. The Bertz CT molecular complexity index is 1060. The van der Waals surface area contributed by atoms with Crippen LogP contribution in [0.1, 0.15) is 29.3 Å². The van der Waals surface area contributed by atoms with Gasteiger partial charge in [0.25, 0.3) is 0 Å². The molecule has 0 radical (unpaired) electrons. The summed E-state index contributed by atoms with van der Waals surface area (Å²) in [5.74, 6) is 0.784. The molecule has 3 aromatic carbocycles. The van der Waals surface area contributed by atoms with E-state index in [1.54, 1.807) is 12.1 Å². The average molecular weight is 438 g/mol. The fourth-order valence-electron chi connectivity index (χ4n) is 4.15. The number of benzene rings is 3. The topological polar surface area (TPSA) is 57.2 Å². The highest BCUT2D eigenvalue weighted by molar-refractivity contribution is 5.91. The van der Waals surface area contributed by atoms with Crippen LogP contribution in [0.3, 0.4) is 0 Å². The number of ether oxygens (including phenoxy) is 4. The Balaban J connectivity index is 1.97. The lowest BCUT2D eigenvalue weighted by molar-refractivity contribution is 0.0124. The summed E-state index contributed by atoms with van der Waals surface area (Å²) < 4.78 is 22.0. The maximum Gasteiger partial charge on any atom is 0.338 e. The van der Waals surface area contributed by atoms with E-state index in [-0.39, 0.29) is 6.61 Å². The van der Waals surface area contributed by atoms with E-state index in [1.165, 1.54) is 21.3 Å². The van der Waals surface area contributed by atoms with E-state index >= 15 is 0 Å². The monoisotopic (exact) mass is 437 g/mol. The summed E-state index contributed by atoms with van der Waals surface area (Å²) in [7, 11) is 8.58. The van der Waals surface area contributed by atoms with Crippen molar-refractivity contribution in [3.05, 3.63) is 65.7 Å². The Morgan fingerprint density at radius 1 is 0.906 bits per heavy atom. The van der Waals surface area contributed by atoms with Gasteiger partial charge >= 0.3 is 5.97 Å². The SMILES string of the molecule is CCC(COC(=O)c1cc(OC)c(OC)c(OC)c1)(c1cccc2ccccc12)N(C)C. The number of likely N-dealkylation sites (N-methyl/N-ethyl adjacent to an activating group) is 1. The second kappa shape index (κ2) is 9.92. The minimum atomic E-state index is -0.489. The second-order valence-electron chi connectivity index (χ2n) is 7.80. The molecule has 6 nitrogen and oxygen atoms in total. The maximum atomic E-state index is 13.1. The molecule has 0 bridgehead atoms. The molecule has 0 heterocycles. The van der Waals surface area contributed by atoms with Crippen LogP contribution < -0.4 is 14.2 Å². The van der Waals surface area contributed by atoms with Gasteiger partial charge in [0, 0.05) is 0 Å². The third-order valence-corrected chi connectivity index (χ3v) is 6.07. The van der Waals surface area contributed by atoms with Gasteiger partial charge in [0.15, 0.2) is 11.5 Å². The minimum absolute atomic E-state index is 0.194. The first-order valence-electron chi connectivity index (χ1n) is 10.5. The van der Waals surface area contributed by atoms with Crippen molar-refractivity contribution in [1.82, 2.24) is 4.90 Å². The fraction of sp³-hybridized carbons (Fsp3) is 0.346.